The van der Waals surface area contributed by atoms with Gasteiger partial charge in [-0.05, 0) is 44.0 Å². The summed E-state index contributed by atoms with van der Waals surface area (Å²) in [4.78, 5) is 36.5. The predicted octanol–water partition coefficient (Wildman–Crippen LogP) is 3.04. The number of amides is 2. The number of nitrogens with zero attached hydrogens (tertiary/aromatic N) is 3. The maximum atomic E-state index is 12.8. The second-order valence-electron chi connectivity index (χ2n) is 7.69. The molecule has 1 aromatic carbocycles. The van der Waals surface area contributed by atoms with Crippen LogP contribution in [-0.4, -0.2) is 31.8 Å². The molecule has 2 aromatic heterocycles. The average molecular weight is 420 g/mol. The van der Waals surface area contributed by atoms with Crippen molar-refractivity contribution in [3.8, 4) is 5.82 Å². The minimum absolute atomic E-state index is 0.0358. The third kappa shape index (κ3) is 4.71. The summed E-state index contributed by atoms with van der Waals surface area (Å²) < 4.78 is 1.48. The third-order valence-corrected chi connectivity index (χ3v) is 5.50. The summed E-state index contributed by atoms with van der Waals surface area (Å²) in [6.45, 7) is 1.75. The minimum atomic E-state index is -0.330. The van der Waals surface area contributed by atoms with Crippen molar-refractivity contribution in [3.63, 3.8) is 0 Å². The van der Waals surface area contributed by atoms with Crippen molar-refractivity contribution in [1.29, 1.82) is 0 Å². The number of anilines is 2. The van der Waals surface area contributed by atoms with Gasteiger partial charge >= 0.3 is 0 Å². The van der Waals surface area contributed by atoms with E-state index in [2.05, 4.69) is 25.9 Å². The molecule has 3 N–H and O–H groups in total. The molecule has 3 aromatic rings. The van der Waals surface area contributed by atoms with Gasteiger partial charge < -0.3 is 10.6 Å². The quantitative estimate of drug-likeness (QED) is 0.586. The number of rotatable bonds is 5. The maximum absolute atomic E-state index is 12.8. The van der Waals surface area contributed by atoms with Crippen LogP contribution in [0, 0.1) is 12.8 Å². The van der Waals surface area contributed by atoms with E-state index < -0.39 is 0 Å². The Morgan fingerprint density at radius 1 is 1.06 bits per heavy atom. The van der Waals surface area contributed by atoms with E-state index >= 15 is 0 Å². The van der Waals surface area contributed by atoms with Crippen LogP contribution in [0.15, 0.2) is 47.4 Å². The third-order valence-electron chi connectivity index (χ3n) is 5.50. The van der Waals surface area contributed by atoms with Gasteiger partial charge in [-0.15, -0.1) is 0 Å². The zero-order chi connectivity index (χ0) is 21.8. The highest BCUT2D eigenvalue weighted by molar-refractivity contribution is 6.05. The van der Waals surface area contributed by atoms with E-state index in [1.807, 2.05) is 6.07 Å². The molecule has 0 saturated heterocycles. The summed E-state index contributed by atoms with van der Waals surface area (Å²) in [6.07, 6.45) is 6.68. The number of H-pyrrole nitrogens is 1. The number of aromatic nitrogens is 4. The fourth-order valence-corrected chi connectivity index (χ4v) is 3.80. The van der Waals surface area contributed by atoms with Gasteiger partial charge in [-0.1, -0.05) is 25.3 Å². The molecule has 0 radical (unpaired) electrons. The van der Waals surface area contributed by atoms with Crippen molar-refractivity contribution in [3.05, 3.63) is 64.2 Å². The van der Waals surface area contributed by atoms with Gasteiger partial charge in [0.05, 0.1) is 17.5 Å². The largest absolute Gasteiger partial charge is 0.326 e. The maximum Gasteiger partial charge on any atom is 0.264 e. The lowest BCUT2D eigenvalue weighted by Gasteiger charge is -2.20. The molecule has 1 saturated carbocycles. The van der Waals surface area contributed by atoms with Crippen LogP contribution < -0.4 is 16.2 Å². The molecule has 1 aliphatic rings. The molecule has 9 heteroatoms. The summed E-state index contributed by atoms with van der Waals surface area (Å²) in [5.74, 6) is 0.170. The smallest absolute Gasteiger partial charge is 0.264 e. The molecule has 160 valence electrons. The van der Waals surface area contributed by atoms with Gasteiger partial charge in [0.2, 0.25) is 5.91 Å². The monoisotopic (exact) mass is 420 g/mol. The van der Waals surface area contributed by atoms with Crippen molar-refractivity contribution in [1.82, 2.24) is 20.0 Å². The Kier molecular flexibility index (Phi) is 5.92. The standard InChI is InChI=1S/C22H24N6O3/c1-14-18(13-23-28(14)19-10-11-20(29)27-26-19)22(31)25-17-9-5-8-16(12-17)24-21(30)15-6-3-2-4-7-15/h5,8-13,15H,2-4,6-7H2,1H3,(H,24,30)(H,25,31)(H,27,29). The van der Waals surface area contributed by atoms with E-state index in [0.29, 0.717) is 28.5 Å². The molecule has 0 spiro atoms. The summed E-state index contributed by atoms with van der Waals surface area (Å²) >= 11 is 0. The second kappa shape index (κ2) is 8.95. The fourth-order valence-electron chi connectivity index (χ4n) is 3.80. The first-order chi connectivity index (χ1) is 15.0. The topological polar surface area (TPSA) is 122 Å². The fraction of sp³-hybridized carbons (Fsp3) is 0.318. The normalized spacial score (nSPS) is 14.2. The van der Waals surface area contributed by atoms with E-state index in [4.69, 9.17) is 0 Å². The lowest BCUT2D eigenvalue weighted by atomic mass is 9.88. The number of carbonyl (C=O) groups is 2. The minimum Gasteiger partial charge on any atom is -0.326 e. The van der Waals surface area contributed by atoms with E-state index in [-0.39, 0.29) is 23.3 Å². The van der Waals surface area contributed by atoms with Gasteiger partial charge in [0.15, 0.2) is 5.82 Å². The zero-order valence-corrected chi connectivity index (χ0v) is 17.2. The van der Waals surface area contributed by atoms with E-state index in [0.717, 1.165) is 25.7 Å². The van der Waals surface area contributed by atoms with Crippen molar-refractivity contribution >= 4 is 23.2 Å². The molecule has 1 aliphatic carbocycles. The first-order valence-electron chi connectivity index (χ1n) is 10.3. The number of benzene rings is 1. The van der Waals surface area contributed by atoms with Gasteiger partial charge in [0, 0.05) is 23.4 Å². The molecule has 0 aliphatic heterocycles. The van der Waals surface area contributed by atoms with Crippen LogP contribution in [0.25, 0.3) is 5.82 Å². The summed E-state index contributed by atoms with van der Waals surface area (Å²) in [7, 11) is 0. The van der Waals surface area contributed by atoms with Gasteiger partial charge in [-0.25, -0.2) is 9.78 Å². The molecule has 0 unspecified atom stereocenters. The van der Waals surface area contributed by atoms with Gasteiger partial charge in [0.25, 0.3) is 11.5 Å². The van der Waals surface area contributed by atoms with Gasteiger partial charge in [-0.3, -0.25) is 14.4 Å². The van der Waals surface area contributed by atoms with E-state index in [9.17, 15) is 14.4 Å². The molecule has 2 amide bonds. The lowest BCUT2D eigenvalue weighted by molar-refractivity contribution is -0.120. The van der Waals surface area contributed by atoms with E-state index in [1.165, 1.54) is 29.4 Å². The molecule has 31 heavy (non-hydrogen) atoms. The van der Waals surface area contributed by atoms with Crippen LogP contribution in [0.5, 0.6) is 0 Å². The predicted molar refractivity (Wildman–Crippen MR) is 116 cm³/mol. The van der Waals surface area contributed by atoms with Crippen LogP contribution >= 0.6 is 0 Å². The molecular formula is C22H24N6O3. The zero-order valence-electron chi connectivity index (χ0n) is 17.2. The Morgan fingerprint density at radius 2 is 1.81 bits per heavy atom. The van der Waals surface area contributed by atoms with Crippen molar-refractivity contribution < 1.29 is 9.59 Å². The van der Waals surface area contributed by atoms with Crippen LogP contribution in [0.3, 0.4) is 0 Å². The van der Waals surface area contributed by atoms with Crippen molar-refractivity contribution in [2.45, 2.75) is 39.0 Å². The van der Waals surface area contributed by atoms with Crippen LogP contribution in [0.4, 0.5) is 11.4 Å². The van der Waals surface area contributed by atoms with Crippen molar-refractivity contribution in [2.24, 2.45) is 5.92 Å². The Bertz CT molecular complexity index is 1140. The number of carbonyl (C=O) groups excluding carboxylic acids is 2. The Hall–Kier alpha value is -3.75. The molecule has 0 bridgehead atoms. The number of hydrogen-bond acceptors (Lipinski definition) is 5. The summed E-state index contributed by atoms with van der Waals surface area (Å²) in [5, 5.41) is 16.3. The first kappa shape index (κ1) is 20.5. The molecule has 1 fully saturated rings. The van der Waals surface area contributed by atoms with Crippen LogP contribution in [0.1, 0.15) is 48.2 Å². The second-order valence-corrected chi connectivity index (χ2v) is 7.69. The van der Waals surface area contributed by atoms with Crippen LogP contribution in [0.2, 0.25) is 0 Å². The number of aromatic amines is 1. The van der Waals surface area contributed by atoms with Crippen LogP contribution in [-0.2, 0) is 4.79 Å². The molecule has 2 heterocycles. The average Bonchev–Trinajstić information content (AvgIpc) is 3.16. The SMILES string of the molecule is Cc1c(C(=O)Nc2cccc(NC(=O)C3CCCCC3)c2)cnn1-c1ccc(=O)[nH]n1. The molecular weight excluding hydrogens is 396 g/mol. The lowest BCUT2D eigenvalue weighted by Crippen LogP contribution is -2.24. The molecule has 9 nitrogen and oxygen atoms in total. The number of nitrogens with one attached hydrogen (secondary N) is 3. The highest BCUT2D eigenvalue weighted by atomic mass is 16.2. The first-order valence-corrected chi connectivity index (χ1v) is 10.3. The Morgan fingerprint density at radius 3 is 2.52 bits per heavy atom. The van der Waals surface area contributed by atoms with Gasteiger partial charge in [-0.2, -0.15) is 10.2 Å². The molecule has 4 rings (SSSR count). The highest BCUT2D eigenvalue weighted by Crippen LogP contribution is 2.25. The highest BCUT2D eigenvalue weighted by Gasteiger charge is 2.21. The van der Waals surface area contributed by atoms with E-state index in [1.54, 1.807) is 25.1 Å². The van der Waals surface area contributed by atoms with Gasteiger partial charge in [0.1, 0.15) is 0 Å². The summed E-state index contributed by atoms with van der Waals surface area (Å²) in [6, 6.07) is 9.96. The Balaban J connectivity index is 1.45. The Labute approximate surface area is 178 Å². The van der Waals surface area contributed by atoms with Crippen molar-refractivity contribution in [2.75, 3.05) is 10.6 Å². The number of hydrogen-bond donors (Lipinski definition) is 3. The summed E-state index contributed by atoms with van der Waals surface area (Å²) in [5.41, 5.74) is 1.87. The molecule has 0 atom stereocenters.